The van der Waals surface area contributed by atoms with E-state index in [0.717, 1.165) is 11.3 Å². The van der Waals surface area contributed by atoms with Crippen molar-refractivity contribution in [3.05, 3.63) is 59.4 Å². The van der Waals surface area contributed by atoms with Crippen LogP contribution in [0.1, 0.15) is 15.9 Å². The summed E-state index contributed by atoms with van der Waals surface area (Å²) in [7, 11) is 1.87. The van der Waals surface area contributed by atoms with Gasteiger partial charge in [-0.15, -0.1) is 0 Å². The normalized spacial score (nSPS) is 10.3. The van der Waals surface area contributed by atoms with Crippen LogP contribution in [0.2, 0.25) is 0 Å². The van der Waals surface area contributed by atoms with Crippen LogP contribution in [0.3, 0.4) is 0 Å². The van der Waals surface area contributed by atoms with Crippen molar-refractivity contribution in [1.82, 2.24) is 0 Å². The predicted octanol–water partition coefficient (Wildman–Crippen LogP) is 2.14. The molecule has 0 saturated heterocycles. The van der Waals surface area contributed by atoms with E-state index in [-0.39, 0.29) is 5.82 Å². The number of nitrogen functional groups attached to an aromatic ring is 1. The molecule has 4 N–H and O–H groups in total. The topological polar surface area (TPSA) is 72.3 Å². The Morgan fingerprint density at radius 3 is 2.45 bits per heavy atom. The van der Waals surface area contributed by atoms with Crippen molar-refractivity contribution in [3.63, 3.8) is 0 Å². The van der Waals surface area contributed by atoms with E-state index < -0.39 is 5.91 Å². The lowest BCUT2D eigenvalue weighted by atomic mass is 10.1. The summed E-state index contributed by atoms with van der Waals surface area (Å²) in [6, 6.07) is 11.4. The molecule has 0 aliphatic rings. The number of carbonyl (C=O) groups excluding carboxylic acids is 1. The van der Waals surface area contributed by atoms with Gasteiger partial charge in [-0.1, -0.05) is 12.1 Å². The maximum Gasteiger partial charge on any atom is 0.250 e. The molecule has 0 spiro atoms. The Kier molecular flexibility index (Phi) is 3.89. The third-order valence-electron chi connectivity index (χ3n) is 3.08. The minimum Gasteiger partial charge on any atom is -0.398 e. The fraction of sp³-hybridized carbons (Fsp3) is 0.133. The van der Waals surface area contributed by atoms with Gasteiger partial charge in [0.05, 0.1) is 5.56 Å². The predicted molar refractivity (Wildman–Crippen MR) is 77.9 cm³/mol. The third-order valence-corrected chi connectivity index (χ3v) is 3.08. The number of benzene rings is 2. The summed E-state index contributed by atoms with van der Waals surface area (Å²) >= 11 is 0. The van der Waals surface area contributed by atoms with Crippen LogP contribution in [-0.2, 0) is 6.54 Å². The molecular formula is C15H16FN3O. The first kappa shape index (κ1) is 13.9. The Labute approximate surface area is 116 Å². The second-order valence-corrected chi connectivity index (χ2v) is 4.62. The molecule has 0 aliphatic carbocycles. The highest BCUT2D eigenvalue weighted by Crippen LogP contribution is 2.21. The smallest absolute Gasteiger partial charge is 0.250 e. The number of rotatable bonds is 4. The fourth-order valence-corrected chi connectivity index (χ4v) is 1.95. The Bertz CT molecular complexity index is 626. The lowest BCUT2D eigenvalue weighted by Crippen LogP contribution is -2.19. The van der Waals surface area contributed by atoms with Gasteiger partial charge >= 0.3 is 0 Å². The summed E-state index contributed by atoms with van der Waals surface area (Å²) in [5, 5.41) is 0. The molecule has 104 valence electrons. The number of nitrogens with two attached hydrogens (primary N) is 2. The van der Waals surface area contributed by atoms with Crippen LogP contribution in [0.4, 0.5) is 15.8 Å². The number of primary amides is 1. The Hall–Kier alpha value is -2.56. The van der Waals surface area contributed by atoms with Crippen molar-refractivity contribution in [1.29, 1.82) is 0 Å². The Balaban J connectivity index is 2.20. The van der Waals surface area contributed by atoms with E-state index in [9.17, 15) is 9.18 Å². The number of anilines is 2. The fourth-order valence-electron chi connectivity index (χ4n) is 1.95. The molecule has 0 fully saturated rings. The van der Waals surface area contributed by atoms with Crippen LogP contribution in [0.5, 0.6) is 0 Å². The number of hydrogen-bond acceptors (Lipinski definition) is 3. The van der Waals surface area contributed by atoms with E-state index in [1.807, 2.05) is 18.0 Å². The molecule has 0 atom stereocenters. The number of halogens is 1. The van der Waals surface area contributed by atoms with Gasteiger partial charge < -0.3 is 16.4 Å². The number of nitrogens with zero attached hydrogens (tertiary/aromatic N) is 1. The molecule has 0 bridgehead atoms. The number of carbonyl (C=O) groups is 1. The average molecular weight is 273 g/mol. The van der Waals surface area contributed by atoms with Gasteiger partial charge in [0.1, 0.15) is 5.82 Å². The SMILES string of the molecule is CN(Cc1ccc(F)cc1)c1ccc(N)c(C(N)=O)c1. The van der Waals surface area contributed by atoms with Crippen molar-refractivity contribution in [2.45, 2.75) is 6.54 Å². The van der Waals surface area contributed by atoms with E-state index in [1.54, 1.807) is 24.3 Å². The second-order valence-electron chi connectivity index (χ2n) is 4.62. The van der Waals surface area contributed by atoms with Gasteiger partial charge in [-0.2, -0.15) is 0 Å². The van der Waals surface area contributed by atoms with E-state index in [2.05, 4.69) is 0 Å². The van der Waals surface area contributed by atoms with Crippen LogP contribution in [0.25, 0.3) is 0 Å². The van der Waals surface area contributed by atoms with E-state index in [0.29, 0.717) is 17.8 Å². The summed E-state index contributed by atoms with van der Waals surface area (Å²) in [5.74, 6) is -0.820. The van der Waals surface area contributed by atoms with E-state index >= 15 is 0 Å². The quantitative estimate of drug-likeness (QED) is 0.838. The van der Waals surface area contributed by atoms with Gasteiger partial charge in [0.25, 0.3) is 5.91 Å². The molecule has 0 saturated carbocycles. The van der Waals surface area contributed by atoms with Crippen LogP contribution in [0.15, 0.2) is 42.5 Å². The summed E-state index contributed by atoms with van der Waals surface area (Å²) in [6.07, 6.45) is 0. The van der Waals surface area contributed by atoms with Crippen molar-refractivity contribution in [3.8, 4) is 0 Å². The zero-order valence-electron chi connectivity index (χ0n) is 11.1. The largest absolute Gasteiger partial charge is 0.398 e. The number of amides is 1. The molecule has 2 rings (SSSR count). The van der Waals surface area contributed by atoms with E-state index in [1.165, 1.54) is 12.1 Å². The first-order chi connectivity index (χ1) is 9.47. The Morgan fingerprint density at radius 1 is 1.20 bits per heavy atom. The van der Waals surface area contributed by atoms with Crippen molar-refractivity contribution in [2.75, 3.05) is 17.7 Å². The molecule has 0 aromatic heterocycles. The van der Waals surface area contributed by atoms with Gasteiger partial charge in [-0.25, -0.2) is 4.39 Å². The van der Waals surface area contributed by atoms with Crippen LogP contribution in [-0.4, -0.2) is 13.0 Å². The summed E-state index contributed by atoms with van der Waals surface area (Å²) < 4.78 is 12.9. The zero-order chi connectivity index (χ0) is 14.7. The first-order valence-electron chi connectivity index (χ1n) is 6.12. The minimum absolute atomic E-state index is 0.264. The lowest BCUT2D eigenvalue weighted by Gasteiger charge is -2.20. The first-order valence-corrected chi connectivity index (χ1v) is 6.12. The molecule has 0 aliphatic heterocycles. The summed E-state index contributed by atoms with van der Waals surface area (Å²) in [5.41, 5.74) is 13.4. The molecule has 2 aromatic carbocycles. The average Bonchev–Trinajstić information content (AvgIpc) is 2.41. The van der Waals surface area contributed by atoms with Gasteiger partial charge in [-0.3, -0.25) is 4.79 Å². The zero-order valence-corrected chi connectivity index (χ0v) is 11.1. The lowest BCUT2D eigenvalue weighted by molar-refractivity contribution is 0.100. The molecule has 0 radical (unpaired) electrons. The van der Waals surface area contributed by atoms with Gasteiger partial charge in [0.15, 0.2) is 0 Å². The molecule has 4 nitrogen and oxygen atoms in total. The maximum atomic E-state index is 12.9. The van der Waals surface area contributed by atoms with Crippen molar-refractivity contribution < 1.29 is 9.18 Å². The van der Waals surface area contributed by atoms with Crippen molar-refractivity contribution in [2.24, 2.45) is 5.73 Å². The van der Waals surface area contributed by atoms with Gasteiger partial charge in [0.2, 0.25) is 0 Å². The van der Waals surface area contributed by atoms with Crippen LogP contribution in [0, 0.1) is 5.82 Å². The highest BCUT2D eigenvalue weighted by atomic mass is 19.1. The van der Waals surface area contributed by atoms with Crippen molar-refractivity contribution >= 4 is 17.3 Å². The number of hydrogen-bond donors (Lipinski definition) is 2. The third kappa shape index (κ3) is 3.06. The highest BCUT2D eigenvalue weighted by Gasteiger charge is 2.09. The molecule has 1 amide bonds. The van der Waals surface area contributed by atoms with Crippen LogP contribution < -0.4 is 16.4 Å². The maximum absolute atomic E-state index is 12.9. The molecule has 0 heterocycles. The standard InChI is InChI=1S/C15H16FN3O/c1-19(9-10-2-4-11(16)5-3-10)12-6-7-14(17)13(8-12)15(18)20/h2-8H,9,17H2,1H3,(H2,18,20). The molecule has 2 aromatic rings. The van der Waals surface area contributed by atoms with Crippen LogP contribution >= 0.6 is 0 Å². The summed E-state index contributed by atoms with van der Waals surface area (Å²) in [4.78, 5) is 13.2. The molecular weight excluding hydrogens is 257 g/mol. The van der Waals surface area contributed by atoms with Gasteiger partial charge in [0, 0.05) is 25.0 Å². The monoisotopic (exact) mass is 273 g/mol. The highest BCUT2D eigenvalue weighted by molar-refractivity contribution is 5.99. The second kappa shape index (κ2) is 5.61. The summed E-state index contributed by atoms with van der Waals surface area (Å²) in [6.45, 7) is 0.586. The van der Waals surface area contributed by atoms with Gasteiger partial charge in [-0.05, 0) is 35.9 Å². The Morgan fingerprint density at radius 2 is 1.85 bits per heavy atom. The van der Waals surface area contributed by atoms with E-state index in [4.69, 9.17) is 11.5 Å². The minimum atomic E-state index is -0.556. The molecule has 5 heteroatoms. The molecule has 20 heavy (non-hydrogen) atoms. The molecule has 0 unspecified atom stereocenters.